The predicted octanol–water partition coefficient (Wildman–Crippen LogP) is 5.74. The molecule has 29 heavy (non-hydrogen) atoms. The molecule has 2 aromatic carbocycles. The van der Waals surface area contributed by atoms with Gasteiger partial charge in [-0.05, 0) is 55.3 Å². The summed E-state index contributed by atoms with van der Waals surface area (Å²) >= 11 is 15.9. The summed E-state index contributed by atoms with van der Waals surface area (Å²) in [6.07, 6.45) is 5.10. The van der Waals surface area contributed by atoms with E-state index >= 15 is 0 Å². The number of imidazole rings is 1. The molecule has 0 atom stereocenters. The topological polar surface area (TPSA) is 50.2 Å². The zero-order chi connectivity index (χ0) is 20.4. The van der Waals surface area contributed by atoms with Crippen LogP contribution >= 0.6 is 39.1 Å². The Balaban J connectivity index is 1.73. The van der Waals surface area contributed by atoms with E-state index in [9.17, 15) is 4.79 Å². The Morgan fingerprint density at radius 1 is 1.03 bits per heavy atom. The fourth-order valence-electron chi connectivity index (χ4n) is 3.36. The molecule has 2 heterocycles. The second kappa shape index (κ2) is 8.88. The molecule has 0 radical (unpaired) electrons. The van der Waals surface area contributed by atoms with Crippen LogP contribution < -0.4 is 5.43 Å². The molecule has 1 N–H and O–H groups in total. The third-order valence-electron chi connectivity index (χ3n) is 4.83. The molecule has 0 saturated carbocycles. The smallest absolute Gasteiger partial charge is 0.285 e. The van der Waals surface area contributed by atoms with Gasteiger partial charge in [-0.25, -0.2) is 9.99 Å². The third-order valence-corrected chi connectivity index (χ3v) is 5.91. The van der Waals surface area contributed by atoms with Crippen molar-refractivity contribution in [2.75, 3.05) is 13.1 Å². The molecule has 0 spiro atoms. The molecular weight excluding hydrogens is 475 g/mol. The summed E-state index contributed by atoms with van der Waals surface area (Å²) in [7, 11) is 0. The van der Waals surface area contributed by atoms with Crippen molar-refractivity contribution in [1.29, 1.82) is 0 Å². The maximum atomic E-state index is 12.8. The number of amides is 1. The Morgan fingerprint density at radius 2 is 1.76 bits per heavy atom. The maximum absolute atomic E-state index is 12.8. The number of halogens is 3. The first-order valence-electron chi connectivity index (χ1n) is 9.38. The summed E-state index contributed by atoms with van der Waals surface area (Å²) in [6, 6.07) is 13.0. The number of hydrogen-bond acceptors (Lipinski definition) is 3. The lowest BCUT2D eigenvalue weighted by Gasteiger charge is -2.26. The first-order chi connectivity index (χ1) is 14.0. The SMILES string of the molecule is O=C(NN1CCCCC1)c1cn(-c2ccc(Br)cc2)c(-c2ccc(Cl)cc2Cl)n1. The van der Waals surface area contributed by atoms with Crippen LogP contribution in [0.5, 0.6) is 0 Å². The van der Waals surface area contributed by atoms with E-state index in [1.54, 1.807) is 18.3 Å². The summed E-state index contributed by atoms with van der Waals surface area (Å²) < 4.78 is 2.84. The molecule has 1 saturated heterocycles. The standard InChI is InChI=1S/C21H19BrCl2N4O/c22-14-4-7-16(8-5-14)28-13-19(21(29)26-27-10-2-1-3-11-27)25-20(28)17-9-6-15(23)12-18(17)24/h4-9,12-13H,1-3,10-11H2,(H,26,29). The lowest BCUT2D eigenvalue weighted by Crippen LogP contribution is -2.45. The highest BCUT2D eigenvalue weighted by Gasteiger charge is 2.21. The van der Waals surface area contributed by atoms with E-state index in [0.29, 0.717) is 27.1 Å². The van der Waals surface area contributed by atoms with E-state index in [2.05, 4.69) is 26.3 Å². The quantitative estimate of drug-likeness (QED) is 0.504. The second-order valence-corrected chi connectivity index (χ2v) is 8.67. The van der Waals surface area contributed by atoms with Gasteiger partial charge in [-0.2, -0.15) is 0 Å². The van der Waals surface area contributed by atoms with Crippen LogP contribution in [0.3, 0.4) is 0 Å². The van der Waals surface area contributed by atoms with Gasteiger partial charge in [-0.15, -0.1) is 0 Å². The van der Waals surface area contributed by atoms with Gasteiger partial charge in [0, 0.05) is 40.0 Å². The van der Waals surface area contributed by atoms with Crippen LogP contribution in [-0.4, -0.2) is 33.6 Å². The Hall–Kier alpha value is -1.86. The summed E-state index contributed by atoms with van der Waals surface area (Å²) in [4.78, 5) is 17.5. The van der Waals surface area contributed by atoms with Crippen LogP contribution in [0.1, 0.15) is 29.8 Å². The highest BCUT2D eigenvalue weighted by molar-refractivity contribution is 9.10. The molecule has 1 aliphatic heterocycles. The predicted molar refractivity (Wildman–Crippen MR) is 120 cm³/mol. The number of rotatable bonds is 4. The minimum atomic E-state index is -0.228. The molecule has 3 aromatic rings. The van der Waals surface area contributed by atoms with Crippen molar-refractivity contribution < 1.29 is 4.79 Å². The Kier molecular flexibility index (Phi) is 6.25. The average molecular weight is 494 g/mol. The van der Waals surface area contributed by atoms with E-state index in [0.717, 1.165) is 36.1 Å². The van der Waals surface area contributed by atoms with Crippen LogP contribution in [0.25, 0.3) is 17.1 Å². The van der Waals surface area contributed by atoms with Gasteiger partial charge in [0.15, 0.2) is 0 Å². The molecule has 1 amide bonds. The number of nitrogens with zero attached hydrogens (tertiary/aromatic N) is 3. The second-order valence-electron chi connectivity index (χ2n) is 6.91. The highest BCUT2D eigenvalue weighted by Crippen LogP contribution is 2.32. The first-order valence-corrected chi connectivity index (χ1v) is 10.9. The number of hydrazine groups is 1. The van der Waals surface area contributed by atoms with Crippen molar-refractivity contribution in [1.82, 2.24) is 20.0 Å². The van der Waals surface area contributed by atoms with E-state index in [4.69, 9.17) is 23.2 Å². The van der Waals surface area contributed by atoms with Crippen LogP contribution in [0.4, 0.5) is 0 Å². The van der Waals surface area contributed by atoms with E-state index in [-0.39, 0.29) is 5.91 Å². The Bertz CT molecular complexity index is 1030. The van der Waals surface area contributed by atoms with Crippen LogP contribution in [0.2, 0.25) is 10.0 Å². The minimum absolute atomic E-state index is 0.228. The lowest BCUT2D eigenvalue weighted by atomic mass is 10.2. The molecule has 1 aromatic heterocycles. The zero-order valence-corrected chi connectivity index (χ0v) is 18.6. The van der Waals surface area contributed by atoms with Gasteiger partial charge in [0.25, 0.3) is 5.91 Å². The number of aromatic nitrogens is 2. The summed E-state index contributed by atoms with van der Waals surface area (Å²) in [6.45, 7) is 1.71. The van der Waals surface area contributed by atoms with Crippen molar-refractivity contribution >= 4 is 45.0 Å². The van der Waals surface area contributed by atoms with Crippen molar-refractivity contribution in [2.45, 2.75) is 19.3 Å². The normalized spacial score (nSPS) is 14.7. The molecule has 0 unspecified atom stereocenters. The van der Waals surface area contributed by atoms with Gasteiger partial charge in [-0.3, -0.25) is 14.8 Å². The van der Waals surface area contributed by atoms with Gasteiger partial charge < -0.3 is 0 Å². The minimum Gasteiger partial charge on any atom is -0.299 e. The van der Waals surface area contributed by atoms with Crippen molar-refractivity contribution in [3.63, 3.8) is 0 Å². The van der Waals surface area contributed by atoms with Gasteiger partial charge in [-0.1, -0.05) is 45.6 Å². The molecule has 8 heteroatoms. The van der Waals surface area contributed by atoms with E-state index in [1.165, 1.54) is 6.42 Å². The lowest BCUT2D eigenvalue weighted by molar-refractivity contribution is 0.0745. The van der Waals surface area contributed by atoms with Gasteiger partial charge in [0.1, 0.15) is 11.5 Å². The number of benzene rings is 2. The first kappa shape index (κ1) is 20.4. The van der Waals surface area contributed by atoms with Gasteiger partial charge in [0.05, 0.1) is 5.02 Å². The van der Waals surface area contributed by atoms with Gasteiger partial charge >= 0.3 is 0 Å². The molecule has 0 bridgehead atoms. The van der Waals surface area contributed by atoms with Crippen LogP contribution in [0.15, 0.2) is 53.1 Å². The third kappa shape index (κ3) is 4.67. The number of hydrogen-bond donors (Lipinski definition) is 1. The zero-order valence-electron chi connectivity index (χ0n) is 15.5. The molecule has 5 nitrogen and oxygen atoms in total. The Labute approximate surface area is 187 Å². The molecule has 4 rings (SSSR count). The van der Waals surface area contributed by atoms with Crippen LogP contribution in [0, 0.1) is 0 Å². The van der Waals surface area contributed by atoms with Crippen molar-refractivity contribution in [2.24, 2.45) is 0 Å². The average Bonchev–Trinajstić information content (AvgIpc) is 3.14. The monoisotopic (exact) mass is 492 g/mol. The fourth-order valence-corrected chi connectivity index (χ4v) is 4.11. The summed E-state index contributed by atoms with van der Waals surface area (Å²) in [5.74, 6) is 0.354. The summed E-state index contributed by atoms with van der Waals surface area (Å²) in [5.41, 5.74) is 4.88. The molecule has 1 fully saturated rings. The summed E-state index contributed by atoms with van der Waals surface area (Å²) in [5, 5.41) is 2.98. The van der Waals surface area contributed by atoms with Gasteiger partial charge in [0.2, 0.25) is 0 Å². The number of nitrogens with one attached hydrogen (secondary N) is 1. The largest absolute Gasteiger partial charge is 0.299 e. The maximum Gasteiger partial charge on any atom is 0.285 e. The number of piperidine rings is 1. The molecule has 150 valence electrons. The fraction of sp³-hybridized carbons (Fsp3) is 0.238. The van der Waals surface area contributed by atoms with Crippen LogP contribution in [-0.2, 0) is 0 Å². The molecule has 0 aliphatic carbocycles. The highest BCUT2D eigenvalue weighted by atomic mass is 79.9. The van der Waals surface area contributed by atoms with Crippen molar-refractivity contribution in [3.8, 4) is 17.1 Å². The molecule has 1 aliphatic rings. The van der Waals surface area contributed by atoms with Crippen molar-refractivity contribution in [3.05, 3.63) is 68.9 Å². The van der Waals surface area contributed by atoms with E-state index in [1.807, 2.05) is 39.9 Å². The molecular formula is C21H19BrCl2N4O. The number of carbonyl (C=O) groups excluding carboxylic acids is 1. The Morgan fingerprint density at radius 3 is 2.45 bits per heavy atom. The van der Waals surface area contributed by atoms with E-state index < -0.39 is 0 Å². The number of carbonyl (C=O) groups is 1.